The lowest BCUT2D eigenvalue weighted by atomic mass is 10.2. The van der Waals surface area contributed by atoms with E-state index in [1.165, 1.54) is 0 Å². The summed E-state index contributed by atoms with van der Waals surface area (Å²) >= 11 is 0. The quantitative estimate of drug-likeness (QED) is 0.825. The minimum absolute atomic E-state index is 0.0181. The molecule has 3 heteroatoms. The Bertz CT molecular complexity index is 355. The Morgan fingerprint density at radius 2 is 2.06 bits per heavy atom. The third-order valence-electron chi connectivity index (χ3n) is 2.50. The van der Waals surface area contributed by atoms with Gasteiger partial charge in [0.1, 0.15) is 5.75 Å². The Morgan fingerprint density at radius 3 is 2.62 bits per heavy atom. The number of hydrogen-bond donors (Lipinski definition) is 1. The topological polar surface area (TPSA) is 38.3 Å². The molecular weight excluding hydrogens is 202 g/mol. The first kappa shape index (κ1) is 11.0. The summed E-state index contributed by atoms with van der Waals surface area (Å²) in [6, 6.07) is 7.71. The molecule has 1 fully saturated rings. The maximum atomic E-state index is 11.7. The highest BCUT2D eigenvalue weighted by Gasteiger charge is 2.23. The van der Waals surface area contributed by atoms with Gasteiger partial charge in [0, 0.05) is 11.6 Å². The van der Waals surface area contributed by atoms with Crippen LogP contribution in [-0.4, -0.2) is 18.6 Å². The van der Waals surface area contributed by atoms with Gasteiger partial charge in [-0.25, -0.2) is 0 Å². The van der Waals surface area contributed by atoms with Crippen LogP contribution in [0.3, 0.4) is 0 Å². The van der Waals surface area contributed by atoms with E-state index in [0.29, 0.717) is 18.2 Å². The Balaban J connectivity index is 1.92. The van der Waals surface area contributed by atoms with Gasteiger partial charge in [-0.2, -0.15) is 0 Å². The first-order valence-electron chi connectivity index (χ1n) is 5.83. The maximum Gasteiger partial charge on any atom is 0.251 e. The number of hydrogen-bond acceptors (Lipinski definition) is 2. The van der Waals surface area contributed by atoms with Crippen LogP contribution in [0.5, 0.6) is 5.75 Å². The third-order valence-corrected chi connectivity index (χ3v) is 2.50. The van der Waals surface area contributed by atoms with Crippen molar-refractivity contribution in [1.82, 2.24) is 5.32 Å². The lowest BCUT2D eigenvalue weighted by Crippen LogP contribution is -2.25. The van der Waals surface area contributed by atoms with Crippen LogP contribution in [0.1, 0.15) is 36.5 Å². The van der Waals surface area contributed by atoms with Crippen molar-refractivity contribution in [2.24, 2.45) is 0 Å². The van der Waals surface area contributed by atoms with Crippen molar-refractivity contribution in [3.05, 3.63) is 29.8 Å². The number of nitrogens with one attached hydrogen (secondary N) is 1. The van der Waals surface area contributed by atoms with Crippen LogP contribution in [0.25, 0.3) is 0 Å². The Morgan fingerprint density at radius 1 is 1.38 bits per heavy atom. The summed E-state index contributed by atoms with van der Waals surface area (Å²) in [5, 5.41) is 2.95. The molecular formula is C13H17NO2. The van der Waals surface area contributed by atoms with Gasteiger partial charge < -0.3 is 10.1 Å². The lowest BCUT2D eigenvalue weighted by Gasteiger charge is -2.06. The molecule has 1 aliphatic rings. The molecule has 1 aromatic carbocycles. The molecule has 0 aromatic heterocycles. The minimum atomic E-state index is 0.0181. The van der Waals surface area contributed by atoms with Gasteiger partial charge in [0.05, 0.1) is 6.61 Å². The molecule has 0 aliphatic heterocycles. The summed E-state index contributed by atoms with van der Waals surface area (Å²) < 4.78 is 5.45. The molecule has 0 heterocycles. The number of carbonyl (C=O) groups is 1. The largest absolute Gasteiger partial charge is 0.494 e. The van der Waals surface area contributed by atoms with E-state index < -0.39 is 0 Å². The molecule has 0 bridgehead atoms. The van der Waals surface area contributed by atoms with E-state index in [4.69, 9.17) is 4.74 Å². The maximum absolute atomic E-state index is 11.7. The smallest absolute Gasteiger partial charge is 0.251 e. The second-order valence-corrected chi connectivity index (χ2v) is 4.12. The summed E-state index contributed by atoms with van der Waals surface area (Å²) in [6.45, 7) is 2.78. The normalized spacial score (nSPS) is 14.6. The number of ether oxygens (including phenoxy) is 1. The molecule has 86 valence electrons. The summed E-state index contributed by atoms with van der Waals surface area (Å²) in [7, 11) is 0. The molecule has 0 saturated heterocycles. The predicted molar refractivity (Wildman–Crippen MR) is 62.7 cm³/mol. The molecule has 16 heavy (non-hydrogen) atoms. The minimum Gasteiger partial charge on any atom is -0.494 e. The summed E-state index contributed by atoms with van der Waals surface area (Å²) in [5.41, 5.74) is 0.704. The van der Waals surface area contributed by atoms with Gasteiger partial charge in [-0.3, -0.25) is 4.79 Å². The van der Waals surface area contributed by atoms with Crippen LogP contribution in [0.4, 0.5) is 0 Å². The fourth-order valence-electron chi connectivity index (χ4n) is 1.42. The fourth-order valence-corrected chi connectivity index (χ4v) is 1.42. The first-order valence-corrected chi connectivity index (χ1v) is 5.83. The highest BCUT2D eigenvalue weighted by Crippen LogP contribution is 2.20. The Labute approximate surface area is 95.8 Å². The number of rotatable bonds is 5. The van der Waals surface area contributed by atoms with Crippen molar-refractivity contribution in [3.63, 3.8) is 0 Å². The molecule has 1 aliphatic carbocycles. The van der Waals surface area contributed by atoms with E-state index in [1.807, 2.05) is 24.3 Å². The van der Waals surface area contributed by atoms with Crippen LogP contribution in [-0.2, 0) is 0 Å². The monoisotopic (exact) mass is 219 g/mol. The van der Waals surface area contributed by atoms with Gasteiger partial charge in [0.15, 0.2) is 0 Å². The van der Waals surface area contributed by atoms with Crippen LogP contribution in [0.15, 0.2) is 24.3 Å². The van der Waals surface area contributed by atoms with Crippen molar-refractivity contribution >= 4 is 5.91 Å². The molecule has 0 unspecified atom stereocenters. The van der Waals surface area contributed by atoms with E-state index in [-0.39, 0.29) is 5.91 Å². The van der Waals surface area contributed by atoms with Gasteiger partial charge in [-0.15, -0.1) is 0 Å². The Kier molecular flexibility index (Phi) is 3.44. The van der Waals surface area contributed by atoms with Crippen molar-refractivity contribution < 1.29 is 9.53 Å². The van der Waals surface area contributed by atoms with E-state index in [0.717, 1.165) is 25.0 Å². The highest BCUT2D eigenvalue weighted by atomic mass is 16.5. The molecule has 1 N–H and O–H groups in total. The zero-order valence-electron chi connectivity index (χ0n) is 9.53. The van der Waals surface area contributed by atoms with Crippen molar-refractivity contribution in [1.29, 1.82) is 0 Å². The van der Waals surface area contributed by atoms with Crippen LogP contribution in [0.2, 0.25) is 0 Å². The van der Waals surface area contributed by atoms with E-state index in [9.17, 15) is 4.79 Å². The van der Waals surface area contributed by atoms with E-state index >= 15 is 0 Å². The third kappa shape index (κ3) is 2.99. The number of amides is 1. The number of benzene rings is 1. The van der Waals surface area contributed by atoms with Gasteiger partial charge in [-0.1, -0.05) is 6.92 Å². The fraction of sp³-hybridized carbons (Fsp3) is 0.462. The van der Waals surface area contributed by atoms with Crippen LogP contribution >= 0.6 is 0 Å². The molecule has 1 amide bonds. The molecule has 3 nitrogen and oxygen atoms in total. The zero-order chi connectivity index (χ0) is 11.4. The second kappa shape index (κ2) is 5.01. The van der Waals surface area contributed by atoms with Crippen molar-refractivity contribution in [2.45, 2.75) is 32.2 Å². The Hall–Kier alpha value is -1.51. The van der Waals surface area contributed by atoms with Crippen LogP contribution in [0, 0.1) is 0 Å². The molecule has 1 aromatic rings. The summed E-state index contributed by atoms with van der Waals surface area (Å²) in [6.07, 6.45) is 3.22. The average Bonchev–Trinajstić information content (AvgIpc) is 3.11. The van der Waals surface area contributed by atoms with Gasteiger partial charge >= 0.3 is 0 Å². The summed E-state index contributed by atoms with van der Waals surface area (Å²) in [4.78, 5) is 11.7. The van der Waals surface area contributed by atoms with Gasteiger partial charge in [0.25, 0.3) is 5.91 Å². The molecule has 0 radical (unpaired) electrons. The summed E-state index contributed by atoms with van der Waals surface area (Å²) in [5.74, 6) is 0.842. The SMILES string of the molecule is CCCOc1ccc(C(=O)NC2CC2)cc1. The van der Waals surface area contributed by atoms with Gasteiger partial charge in [0.2, 0.25) is 0 Å². The van der Waals surface area contributed by atoms with Gasteiger partial charge in [-0.05, 0) is 43.5 Å². The van der Waals surface area contributed by atoms with E-state index in [2.05, 4.69) is 12.2 Å². The van der Waals surface area contributed by atoms with E-state index in [1.54, 1.807) is 0 Å². The average molecular weight is 219 g/mol. The molecule has 1 saturated carbocycles. The second-order valence-electron chi connectivity index (χ2n) is 4.12. The van der Waals surface area contributed by atoms with Crippen LogP contribution < -0.4 is 10.1 Å². The number of carbonyl (C=O) groups excluding carboxylic acids is 1. The molecule has 2 rings (SSSR count). The van der Waals surface area contributed by atoms with Crippen molar-refractivity contribution in [3.8, 4) is 5.75 Å². The van der Waals surface area contributed by atoms with Crippen molar-refractivity contribution in [2.75, 3.05) is 6.61 Å². The molecule has 0 spiro atoms. The standard InChI is InChI=1S/C13H17NO2/c1-2-9-16-12-7-3-10(4-8-12)13(15)14-11-5-6-11/h3-4,7-8,11H,2,5-6,9H2,1H3,(H,14,15). The highest BCUT2D eigenvalue weighted by molar-refractivity contribution is 5.94. The molecule has 0 atom stereocenters. The lowest BCUT2D eigenvalue weighted by molar-refractivity contribution is 0.0951. The zero-order valence-corrected chi connectivity index (χ0v) is 9.53. The predicted octanol–water partition coefficient (Wildman–Crippen LogP) is 2.37. The first-order chi connectivity index (χ1) is 7.79.